The zero-order chi connectivity index (χ0) is 10.7. The van der Waals surface area contributed by atoms with E-state index in [1.165, 1.54) is 12.1 Å². The van der Waals surface area contributed by atoms with Crippen molar-refractivity contribution in [1.82, 2.24) is 0 Å². The second kappa shape index (κ2) is 4.16. The van der Waals surface area contributed by atoms with Gasteiger partial charge in [0.15, 0.2) is 0 Å². The number of hydrogen-bond donors (Lipinski definition) is 2. The van der Waals surface area contributed by atoms with Crippen LogP contribution in [0.25, 0.3) is 0 Å². The number of nitrogens with two attached hydrogens (primary N) is 1. The third-order valence-corrected chi connectivity index (χ3v) is 2.73. The second-order valence-corrected chi connectivity index (χ2v) is 3.92. The molecule has 0 aliphatic carbocycles. The minimum absolute atomic E-state index is 0.228. The quantitative estimate of drug-likeness (QED) is 0.791. The lowest BCUT2D eigenvalue weighted by molar-refractivity contribution is 0.183. The molecule has 0 spiro atoms. The molecular weight excluding hydrogens is 195 g/mol. The van der Waals surface area contributed by atoms with E-state index in [0.717, 1.165) is 12.1 Å². The lowest BCUT2D eigenvalue weighted by Crippen LogP contribution is -2.46. The lowest BCUT2D eigenvalue weighted by Gasteiger charge is -2.28. The standard InChI is InChI=1S/C11H15FN2O/c12-9-2-1-3-10(6-9)14-11(7-13)4-5-15-8-11/h1-3,6,14H,4-5,7-8,13H2. The van der Waals surface area contributed by atoms with E-state index < -0.39 is 0 Å². The zero-order valence-corrected chi connectivity index (χ0v) is 8.50. The van der Waals surface area contributed by atoms with E-state index in [1.54, 1.807) is 6.07 Å². The maximum Gasteiger partial charge on any atom is 0.125 e. The Balaban J connectivity index is 2.12. The molecule has 1 fully saturated rings. The summed E-state index contributed by atoms with van der Waals surface area (Å²) in [4.78, 5) is 0. The topological polar surface area (TPSA) is 47.3 Å². The second-order valence-electron chi connectivity index (χ2n) is 3.92. The van der Waals surface area contributed by atoms with Crippen LogP contribution in [0.5, 0.6) is 0 Å². The van der Waals surface area contributed by atoms with Crippen molar-refractivity contribution in [2.24, 2.45) is 5.73 Å². The average Bonchev–Trinajstić information content (AvgIpc) is 2.67. The molecule has 1 aliphatic heterocycles. The van der Waals surface area contributed by atoms with Crippen molar-refractivity contribution in [1.29, 1.82) is 0 Å². The first kappa shape index (κ1) is 10.4. The van der Waals surface area contributed by atoms with E-state index in [0.29, 0.717) is 19.8 Å². The summed E-state index contributed by atoms with van der Waals surface area (Å²) in [5.74, 6) is -0.244. The minimum atomic E-state index is -0.244. The molecule has 4 heteroatoms. The summed E-state index contributed by atoms with van der Waals surface area (Å²) in [7, 11) is 0. The Morgan fingerprint density at radius 3 is 3.00 bits per heavy atom. The normalized spacial score (nSPS) is 25.5. The summed E-state index contributed by atoms with van der Waals surface area (Å²) in [5.41, 5.74) is 6.25. The average molecular weight is 210 g/mol. The predicted molar refractivity (Wildman–Crippen MR) is 57.2 cm³/mol. The molecule has 1 heterocycles. The number of hydrogen-bond acceptors (Lipinski definition) is 3. The first-order valence-corrected chi connectivity index (χ1v) is 5.06. The maximum absolute atomic E-state index is 13.0. The molecule has 0 saturated carbocycles. The van der Waals surface area contributed by atoms with Gasteiger partial charge in [-0.15, -0.1) is 0 Å². The molecule has 0 amide bonds. The molecule has 0 bridgehead atoms. The molecule has 0 radical (unpaired) electrons. The van der Waals surface area contributed by atoms with Crippen LogP contribution >= 0.6 is 0 Å². The van der Waals surface area contributed by atoms with Crippen LogP contribution in [0, 0.1) is 5.82 Å². The van der Waals surface area contributed by atoms with Crippen LogP contribution in [-0.2, 0) is 4.74 Å². The van der Waals surface area contributed by atoms with Gasteiger partial charge in [-0.05, 0) is 24.6 Å². The monoisotopic (exact) mass is 210 g/mol. The van der Waals surface area contributed by atoms with Crippen molar-refractivity contribution < 1.29 is 9.13 Å². The van der Waals surface area contributed by atoms with Crippen molar-refractivity contribution in [3.05, 3.63) is 30.1 Å². The molecule has 3 N–H and O–H groups in total. The van der Waals surface area contributed by atoms with Crippen LogP contribution in [0.2, 0.25) is 0 Å². The van der Waals surface area contributed by atoms with Gasteiger partial charge in [0.25, 0.3) is 0 Å². The first-order valence-electron chi connectivity index (χ1n) is 5.06. The number of benzene rings is 1. The van der Waals surface area contributed by atoms with Crippen LogP contribution in [-0.4, -0.2) is 25.3 Å². The third-order valence-electron chi connectivity index (χ3n) is 2.73. The van der Waals surface area contributed by atoms with Crippen LogP contribution in [0.1, 0.15) is 6.42 Å². The van der Waals surface area contributed by atoms with Gasteiger partial charge in [-0.25, -0.2) is 4.39 Å². The Bertz CT molecular complexity index is 337. The Kier molecular flexibility index (Phi) is 2.88. The molecule has 1 saturated heterocycles. The van der Waals surface area contributed by atoms with E-state index in [-0.39, 0.29) is 11.4 Å². The first-order chi connectivity index (χ1) is 7.24. The van der Waals surface area contributed by atoms with Gasteiger partial charge in [0.1, 0.15) is 5.82 Å². The molecular formula is C11H15FN2O. The highest BCUT2D eigenvalue weighted by Crippen LogP contribution is 2.23. The fraction of sp³-hybridized carbons (Fsp3) is 0.455. The summed E-state index contributed by atoms with van der Waals surface area (Å²) in [6.45, 7) is 1.78. The van der Waals surface area contributed by atoms with E-state index in [1.807, 2.05) is 6.07 Å². The molecule has 1 unspecified atom stereocenters. The number of nitrogens with one attached hydrogen (secondary N) is 1. The fourth-order valence-electron chi connectivity index (χ4n) is 1.79. The van der Waals surface area contributed by atoms with Gasteiger partial charge in [0.05, 0.1) is 12.1 Å². The Morgan fingerprint density at radius 2 is 2.40 bits per heavy atom. The molecule has 15 heavy (non-hydrogen) atoms. The van der Waals surface area contributed by atoms with Gasteiger partial charge in [-0.3, -0.25) is 0 Å². The molecule has 1 aromatic carbocycles. The largest absolute Gasteiger partial charge is 0.379 e. The number of ether oxygens (including phenoxy) is 1. The molecule has 3 nitrogen and oxygen atoms in total. The summed E-state index contributed by atoms with van der Waals surface area (Å²) >= 11 is 0. The molecule has 82 valence electrons. The summed E-state index contributed by atoms with van der Waals surface area (Å²) in [5, 5.41) is 3.25. The molecule has 1 atom stereocenters. The van der Waals surface area contributed by atoms with Crippen LogP contribution < -0.4 is 11.1 Å². The van der Waals surface area contributed by atoms with Gasteiger partial charge in [0.2, 0.25) is 0 Å². The zero-order valence-electron chi connectivity index (χ0n) is 8.50. The van der Waals surface area contributed by atoms with E-state index in [4.69, 9.17) is 10.5 Å². The molecule has 1 aliphatic rings. The van der Waals surface area contributed by atoms with Crippen molar-refractivity contribution in [3.63, 3.8) is 0 Å². The highest BCUT2D eigenvalue weighted by atomic mass is 19.1. The summed E-state index contributed by atoms with van der Waals surface area (Å²) < 4.78 is 18.3. The Morgan fingerprint density at radius 1 is 1.53 bits per heavy atom. The summed E-state index contributed by atoms with van der Waals surface area (Å²) in [6, 6.07) is 6.40. The number of rotatable bonds is 3. The minimum Gasteiger partial charge on any atom is -0.379 e. The van der Waals surface area contributed by atoms with Crippen molar-refractivity contribution in [2.75, 3.05) is 25.1 Å². The van der Waals surface area contributed by atoms with Gasteiger partial charge < -0.3 is 15.8 Å². The van der Waals surface area contributed by atoms with E-state index in [9.17, 15) is 4.39 Å². The van der Waals surface area contributed by atoms with Crippen LogP contribution in [0.4, 0.5) is 10.1 Å². The van der Waals surface area contributed by atoms with E-state index in [2.05, 4.69) is 5.32 Å². The summed E-state index contributed by atoms with van der Waals surface area (Å²) in [6.07, 6.45) is 0.861. The fourth-order valence-corrected chi connectivity index (χ4v) is 1.79. The Labute approximate surface area is 88.4 Å². The molecule has 2 rings (SSSR count). The van der Waals surface area contributed by atoms with E-state index >= 15 is 0 Å². The third kappa shape index (κ3) is 2.27. The predicted octanol–water partition coefficient (Wildman–Crippen LogP) is 1.36. The van der Waals surface area contributed by atoms with Crippen LogP contribution in [0.3, 0.4) is 0 Å². The number of halogens is 1. The maximum atomic E-state index is 13.0. The molecule has 0 aromatic heterocycles. The lowest BCUT2D eigenvalue weighted by atomic mass is 9.98. The van der Waals surface area contributed by atoms with Crippen LogP contribution in [0.15, 0.2) is 24.3 Å². The highest BCUT2D eigenvalue weighted by molar-refractivity contribution is 5.46. The smallest absolute Gasteiger partial charge is 0.125 e. The van der Waals surface area contributed by atoms with Crippen molar-refractivity contribution >= 4 is 5.69 Å². The SMILES string of the molecule is NCC1(Nc2cccc(F)c2)CCOC1. The van der Waals surface area contributed by atoms with Gasteiger partial charge in [-0.1, -0.05) is 6.07 Å². The number of anilines is 1. The van der Waals surface area contributed by atoms with Gasteiger partial charge in [-0.2, -0.15) is 0 Å². The van der Waals surface area contributed by atoms with Crippen molar-refractivity contribution in [2.45, 2.75) is 12.0 Å². The Hall–Kier alpha value is -1.13. The molecule has 1 aromatic rings. The highest BCUT2D eigenvalue weighted by Gasteiger charge is 2.33. The van der Waals surface area contributed by atoms with Gasteiger partial charge in [0, 0.05) is 18.8 Å². The van der Waals surface area contributed by atoms with Crippen molar-refractivity contribution in [3.8, 4) is 0 Å². The van der Waals surface area contributed by atoms with Gasteiger partial charge >= 0.3 is 0 Å².